The molecule has 1 amide bonds. The van der Waals surface area contributed by atoms with Crippen molar-refractivity contribution in [1.82, 2.24) is 5.32 Å². The third-order valence-electron chi connectivity index (χ3n) is 4.79. The van der Waals surface area contributed by atoms with Gasteiger partial charge in [0.05, 0.1) is 11.6 Å². The molecule has 3 rings (SSSR count). The summed E-state index contributed by atoms with van der Waals surface area (Å²) in [5, 5.41) is 11.8. The number of hydrogen-bond acceptors (Lipinski definition) is 3. The molecule has 5 heteroatoms. The van der Waals surface area contributed by atoms with Crippen molar-refractivity contribution in [3.63, 3.8) is 0 Å². The van der Waals surface area contributed by atoms with Crippen LogP contribution in [0.1, 0.15) is 27.0 Å². The molecule has 2 N–H and O–H groups in total. The second-order valence-corrected chi connectivity index (χ2v) is 7.14. The highest BCUT2D eigenvalue weighted by atomic mass is 16.4. The second-order valence-electron chi connectivity index (χ2n) is 7.14. The Hall–Kier alpha value is -3.99. The Labute approximate surface area is 181 Å². The first kappa shape index (κ1) is 21.7. The molecule has 0 aromatic heterocycles. The first-order valence-electron chi connectivity index (χ1n) is 9.94. The smallest absolute Gasteiger partial charge is 0.335 e. The number of benzene rings is 3. The van der Waals surface area contributed by atoms with Crippen molar-refractivity contribution in [3.8, 4) is 0 Å². The maximum Gasteiger partial charge on any atom is 0.335 e. The number of rotatable bonds is 9. The van der Waals surface area contributed by atoms with Crippen LogP contribution in [-0.4, -0.2) is 28.8 Å². The molecule has 31 heavy (non-hydrogen) atoms. The van der Waals surface area contributed by atoms with E-state index >= 15 is 0 Å². The molecule has 0 aliphatic heterocycles. The molecule has 0 fully saturated rings. The van der Waals surface area contributed by atoms with Gasteiger partial charge in [0, 0.05) is 12.5 Å². The number of hydrogen-bond donors (Lipinski definition) is 2. The topological polar surface area (TPSA) is 83.5 Å². The Balaban J connectivity index is 1.72. The van der Waals surface area contributed by atoms with Gasteiger partial charge in [0.25, 0.3) is 0 Å². The standard InChI is InChI=1S/C26H23NO4/c28-24(18-21-11-14-22(15-12-21)26(30)31)23(17-20-9-5-2-6-10-20)27-25(29)16-13-19-7-3-1-4-8-19/h1-16,23H,17-18H2,(H,27,29)(H,30,31)/b16-13-/t23-/m0/s1. The molecule has 0 bridgehead atoms. The van der Waals surface area contributed by atoms with Gasteiger partial charge in [0.2, 0.25) is 5.91 Å². The van der Waals surface area contributed by atoms with Gasteiger partial charge >= 0.3 is 5.97 Å². The number of amides is 1. The molecule has 156 valence electrons. The lowest BCUT2D eigenvalue weighted by molar-refractivity contribution is -0.125. The van der Waals surface area contributed by atoms with Gasteiger partial charge in [-0.1, -0.05) is 72.8 Å². The van der Waals surface area contributed by atoms with Gasteiger partial charge in [-0.15, -0.1) is 0 Å². The molecule has 0 saturated carbocycles. The molecule has 0 unspecified atom stereocenters. The number of carboxylic acids is 1. The minimum atomic E-state index is -1.02. The van der Waals surface area contributed by atoms with Crippen molar-refractivity contribution in [1.29, 1.82) is 0 Å². The zero-order valence-corrected chi connectivity index (χ0v) is 16.9. The number of Topliss-reactive ketones (excluding diaryl/α,β-unsaturated/α-hetero) is 1. The van der Waals surface area contributed by atoms with Crippen LogP contribution in [0.5, 0.6) is 0 Å². The molecular formula is C26H23NO4. The Morgan fingerprint density at radius 1 is 0.806 bits per heavy atom. The van der Waals surface area contributed by atoms with Crippen LogP contribution in [0.3, 0.4) is 0 Å². The van der Waals surface area contributed by atoms with Crippen LogP contribution in [0.15, 0.2) is 91.0 Å². The maximum absolute atomic E-state index is 13.0. The fourth-order valence-electron chi connectivity index (χ4n) is 3.14. The molecule has 0 aliphatic rings. The molecule has 0 heterocycles. The lowest BCUT2D eigenvalue weighted by Crippen LogP contribution is -2.42. The first-order valence-corrected chi connectivity index (χ1v) is 9.94. The third-order valence-corrected chi connectivity index (χ3v) is 4.79. The lowest BCUT2D eigenvalue weighted by atomic mass is 9.97. The first-order chi connectivity index (χ1) is 15.0. The van der Waals surface area contributed by atoms with Crippen LogP contribution < -0.4 is 5.32 Å². The SMILES string of the molecule is O=C(/C=C\c1ccccc1)N[C@@H](Cc1ccccc1)C(=O)Cc1ccc(C(=O)O)cc1. The monoisotopic (exact) mass is 413 g/mol. The predicted octanol–water partition coefficient (Wildman–Crippen LogP) is 3.94. The average Bonchev–Trinajstić information content (AvgIpc) is 2.79. The van der Waals surface area contributed by atoms with Crippen molar-refractivity contribution in [2.24, 2.45) is 0 Å². The number of aromatic carboxylic acids is 1. The van der Waals surface area contributed by atoms with Crippen LogP contribution >= 0.6 is 0 Å². The van der Waals surface area contributed by atoms with Crippen molar-refractivity contribution in [2.75, 3.05) is 0 Å². The third kappa shape index (κ3) is 6.78. The number of ketones is 1. The fourth-order valence-corrected chi connectivity index (χ4v) is 3.14. The van der Waals surface area contributed by atoms with Gasteiger partial charge < -0.3 is 10.4 Å². The summed E-state index contributed by atoms with van der Waals surface area (Å²) >= 11 is 0. The Morgan fingerprint density at radius 3 is 2.03 bits per heavy atom. The summed E-state index contributed by atoms with van der Waals surface area (Å²) < 4.78 is 0. The van der Waals surface area contributed by atoms with Crippen molar-refractivity contribution in [2.45, 2.75) is 18.9 Å². The summed E-state index contributed by atoms with van der Waals surface area (Å²) in [6.45, 7) is 0. The fraction of sp³-hybridized carbons (Fsp3) is 0.115. The Morgan fingerprint density at radius 2 is 1.42 bits per heavy atom. The van der Waals surface area contributed by atoms with Crippen LogP contribution in [-0.2, 0) is 22.4 Å². The highest BCUT2D eigenvalue weighted by Gasteiger charge is 2.21. The average molecular weight is 413 g/mol. The molecule has 0 spiro atoms. The van der Waals surface area contributed by atoms with E-state index in [0.29, 0.717) is 12.0 Å². The Kier molecular flexibility index (Phi) is 7.49. The van der Waals surface area contributed by atoms with Crippen LogP contribution in [0.25, 0.3) is 6.08 Å². The van der Waals surface area contributed by atoms with E-state index < -0.39 is 12.0 Å². The van der Waals surface area contributed by atoms with E-state index in [2.05, 4.69) is 5.32 Å². The van der Waals surface area contributed by atoms with Crippen LogP contribution in [0.2, 0.25) is 0 Å². The van der Waals surface area contributed by atoms with Gasteiger partial charge in [0.1, 0.15) is 0 Å². The van der Waals surface area contributed by atoms with E-state index in [1.54, 1.807) is 18.2 Å². The van der Waals surface area contributed by atoms with E-state index in [-0.39, 0.29) is 23.7 Å². The second kappa shape index (κ2) is 10.7. The van der Waals surface area contributed by atoms with E-state index in [4.69, 9.17) is 5.11 Å². The number of carboxylic acid groups (broad SMARTS) is 1. The minimum Gasteiger partial charge on any atom is -0.478 e. The quantitative estimate of drug-likeness (QED) is 0.521. The lowest BCUT2D eigenvalue weighted by Gasteiger charge is -2.17. The van der Waals surface area contributed by atoms with Crippen LogP contribution in [0.4, 0.5) is 0 Å². The largest absolute Gasteiger partial charge is 0.478 e. The zero-order valence-electron chi connectivity index (χ0n) is 16.9. The number of carbonyl (C=O) groups excluding carboxylic acids is 2. The molecule has 5 nitrogen and oxygen atoms in total. The highest BCUT2D eigenvalue weighted by molar-refractivity contribution is 5.96. The van der Waals surface area contributed by atoms with E-state index in [1.165, 1.54) is 18.2 Å². The number of nitrogens with one attached hydrogen (secondary N) is 1. The van der Waals surface area contributed by atoms with E-state index in [9.17, 15) is 14.4 Å². The number of carbonyl (C=O) groups is 3. The molecule has 0 radical (unpaired) electrons. The zero-order chi connectivity index (χ0) is 22.1. The van der Waals surface area contributed by atoms with Gasteiger partial charge in [-0.3, -0.25) is 9.59 Å². The molecule has 3 aromatic carbocycles. The summed E-state index contributed by atoms with van der Waals surface area (Å²) in [6.07, 6.45) is 3.59. The highest BCUT2D eigenvalue weighted by Crippen LogP contribution is 2.10. The summed E-state index contributed by atoms with van der Waals surface area (Å²) in [4.78, 5) is 36.5. The summed E-state index contributed by atoms with van der Waals surface area (Å²) in [7, 11) is 0. The normalized spacial score (nSPS) is 11.7. The van der Waals surface area contributed by atoms with Gasteiger partial charge in [-0.2, -0.15) is 0 Å². The van der Waals surface area contributed by atoms with Crippen molar-refractivity contribution in [3.05, 3.63) is 113 Å². The Bertz CT molecular complexity index is 1060. The molecule has 0 aliphatic carbocycles. The molecule has 1 atom stereocenters. The van der Waals surface area contributed by atoms with Crippen molar-refractivity contribution >= 4 is 23.7 Å². The van der Waals surface area contributed by atoms with Gasteiger partial charge in [0.15, 0.2) is 5.78 Å². The summed E-state index contributed by atoms with van der Waals surface area (Å²) in [6, 6.07) is 24.4. The van der Waals surface area contributed by atoms with E-state index in [0.717, 1.165) is 11.1 Å². The molecule has 0 saturated heterocycles. The summed E-state index contributed by atoms with van der Waals surface area (Å²) in [5.41, 5.74) is 2.69. The minimum absolute atomic E-state index is 0.0973. The molecule has 3 aromatic rings. The predicted molar refractivity (Wildman–Crippen MR) is 120 cm³/mol. The summed E-state index contributed by atoms with van der Waals surface area (Å²) in [5.74, 6) is -1.51. The molecular weight excluding hydrogens is 390 g/mol. The van der Waals surface area contributed by atoms with Crippen molar-refractivity contribution < 1.29 is 19.5 Å². The maximum atomic E-state index is 13.0. The van der Waals surface area contributed by atoms with E-state index in [1.807, 2.05) is 60.7 Å². The van der Waals surface area contributed by atoms with Gasteiger partial charge in [-0.05, 0) is 41.3 Å². The van der Waals surface area contributed by atoms with Crippen LogP contribution in [0, 0.1) is 0 Å². The van der Waals surface area contributed by atoms with Gasteiger partial charge in [-0.25, -0.2) is 4.79 Å².